The molecule has 2 aliphatic rings. The van der Waals surface area contributed by atoms with Gasteiger partial charge in [0.05, 0.1) is 31.0 Å². The minimum atomic E-state index is -4.22. The summed E-state index contributed by atoms with van der Waals surface area (Å²) in [6, 6.07) is 0.694. The fourth-order valence-corrected chi connectivity index (χ4v) is 2.52. The van der Waals surface area contributed by atoms with E-state index < -0.39 is 12.6 Å². The summed E-state index contributed by atoms with van der Waals surface area (Å²) < 4.78 is 41.6. The Kier molecular flexibility index (Phi) is 5.69. The van der Waals surface area contributed by atoms with Crippen molar-refractivity contribution in [3.05, 3.63) is 11.4 Å². The van der Waals surface area contributed by atoms with Crippen LogP contribution in [0.4, 0.5) is 13.2 Å². The number of ether oxygens (including phenoxy) is 1. The van der Waals surface area contributed by atoms with Crippen LogP contribution >= 0.6 is 0 Å². The van der Waals surface area contributed by atoms with E-state index in [9.17, 15) is 13.2 Å². The van der Waals surface area contributed by atoms with E-state index in [1.165, 1.54) is 6.21 Å². The summed E-state index contributed by atoms with van der Waals surface area (Å²) in [6.45, 7) is 3.53. The van der Waals surface area contributed by atoms with Crippen molar-refractivity contribution in [1.29, 1.82) is 0 Å². The number of hydrogen-bond donors (Lipinski definition) is 2. The number of nitrogens with two attached hydrogens (primary N) is 2. The van der Waals surface area contributed by atoms with Gasteiger partial charge in [-0.05, 0) is 19.3 Å². The lowest BCUT2D eigenvalue weighted by Crippen LogP contribution is -2.52. The highest BCUT2D eigenvalue weighted by Gasteiger charge is 2.29. The Morgan fingerprint density at radius 2 is 1.86 bits per heavy atom. The molecule has 0 bridgehead atoms. The first kappa shape index (κ1) is 17.1. The number of aliphatic imine (C=N–C) groups is 1. The maximum atomic E-state index is 12.1. The smallest absolute Gasteiger partial charge is 0.389 e. The standard InChI is InChI=1S/C14H23F3N4O/c15-14(16,17)4-1-12(18)13(19)7-20-10-2-5-21(6-3-10)11-8-22-9-11/h7,10-11H,1-6,8-9,18-19H2. The zero-order chi connectivity index (χ0) is 16.2. The van der Waals surface area contributed by atoms with E-state index in [2.05, 4.69) is 9.89 Å². The summed E-state index contributed by atoms with van der Waals surface area (Å²) >= 11 is 0. The predicted octanol–water partition coefficient (Wildman–Crippen LogP) is 1.39. The zero-order valence-corrected chi connectivity index (χ0v) is 12.5. The lowest BCUT2D eigenvalue weighted by molar-refractivity contribution is -0.134. The second-order valence-corrected chi connectivity index (χ2v) is 5.83. The van der Waals surface area contributed by atoms with Gasteiger partial charge in [0.2, 0.25) is 0 Å². The summed E-state index contributed by atoms with van der Waals surface area (Å²) in [6.07, 6.45) is -2.22. The Bertz CT molecular complexity index is 424. The number of likely N-dealkylation sites (tertiary alicyclic amines) is 1. The van der Waals surface area contributed by atoms with Crippen molar-refractivity contribution in [2.75, 3.05) is 26.3 Å². The van der Waals surface area contributed by atoms with Gasteiger partial charge in [-0.15, -0.1) is 0 Å². The molecule has 0 saturated carbocycles. The van der Waals surface area contributed by atoms with Gasteiger partial charge in [0, 0.05) is 31.4 Å². The third kappa shape index (κ3) is 5.17. The van der Waals surface area contributed by atoms with E-state index in [4.69, 9.17) is 16.2 Å². The van der Waals surface area contributed by atoms with Gasteiger partial charge in [-0.25, -0.2) is 0 Å². The van der Waals surface area contributed by atoms with Crippen molar-refractivity contribution in [1.82, 2.24) is 4.90 Å². The number of allylic oxidation sites excluding steroid dienone is 2. The lowest BCUT2D eigenvalue weighted by atomic mass is 10.0. The third-order valence-corrected chi connectivity index (χ3v) is 4.11. The van der Waals surface area contributed by atoms with Crippen molar-refractivity contribution < 1.29 is 17.9 Å². The van der Waals surface area contributed by atoms with Crippen LogP contribution in [0, 0.1) is 0 Å². The molecule has 126 valence electrons. The second-order valence-electron chi connectivity index (χ2n) is 5.83. The number of hydrogen-bond acceptors (Lipinski definition) is 5. The zero-order valence-electron chi connectivity index (χ0n) is 12.5. The molecule has 0 unspecified atom stereocenters. The second kappa shape index (κ2) is 7.32. The first-order valence-electron chi connectivity index (χ1n) is 7.51. The Labute approximate surface area is 128 Å². The Hall–Kier alpha value is -1.28. The number of alkyl halides is 3. The van der Waals surface area contributed by atoms with Crippen LogP contribution in [-0.4, -0.2) is 55.7 Å². The molecular weight excluding hydrogens is 297 g/mol. The van der Waals surface area contributed by atoms with Crippen LogP contribution in [-0.2, 0) is 4.74 Å². The molecule has 5 nitrogen and oxygen atoms in total. The Morgan fingerprint density at radius 1 is 1.23 bits per heavy atom. The average molecular weight is 320 g/mol. The average Bonchev–Trinajstić information content (AvgIpc) is 2.41. The van der Waals surface area contributed by atoms with Crippen molar-refractivity contribution in [2.24, 2.45) is 16.5 Å². The first-order valence-corrected chi connectivity index (χ1v) is 7.51. The van der Waals surface area contributed by atoms with Crippen LogP contribution in [0.25, 0.3) is 0 Å². The van der Waals surface area contributed by atoms with E-state index in [0.717, 1.165) is 39.1 Å². The minimum Gasteiger partial charge on any atom is -0.400 e. The van der Waals surface area contributed by atoms with Crippen molar-refractivity contribution in [2.45, 2.75) is 43.9 Å². The Morgan fingerprint density at radius 3 is 2.36 bits per heavy atom. The number of nitrogens with zero attached hydrogens (tertiary/aromatic N) is 2. The van der Waals surface area contributed by atoms with E-state index in [0.29, 0.717) is 6.04 Å². The molecule has 0 atom stereocenters. The fraction of sp³-hybridized carbons (Fsp3) is 0.786. The van der Waals surface area contributed by atoms with E-state index in [1.807, 2.05) is 0 Å². The van der Waals surface area contributed by atoms with Crippen LogP contribution in [0.1, 0.15) is 25.7 Å². The molecule has 2 aliphatic heterocycles. The van der Waals surface area contributed by atoms with E-state index in [-0.39, 0.29) is 23.9 Å². The molecular formula is C14H23F3N4O. The predicted molar refractivity (Wildman–Crippen MR) is 78.4 cm³/mol. The van der Waals surface area contributed by atoms with Gasteiger partial charge in [0.25, 0.3) is 0 Å². The number of halogens is 3. The van der Waals surface area contributed by atoms with Gasteiger partial charge in [0.15, 0.2) is 0 Å². The van der Waals surface area contributed by atoms with Gasteiger partial charge in [-0.2, -0.15) is 13.2 Å². The maximum absolute atomic E-state index is 12.1. The lowest BCUT2D eigenvalue weighted by Gasteiger charge is -2.40. The van der Waals surface area contributed by atoms with Gasteiger partial charge in [0.1, 0.15) is 0 Å². The normalized spacial score (nSPS) is 23.6. The van der Waals surface area contributed by atoms with Crippen LogP contribution in [0.5, 0.6) is 0 Å². The van der Waals surface area contributed by atoms with Gasteiger partial charge in [-0.1, -0.05) is 0 Å². The summed E-state index contributed by atoms with van der Waals surface area (Å²) in [4.78, 5) is 6.75. The molecule has 0 aliphatic carbocycles. The summed E-state index contributed by atoms with van der Waals surface area (Å²) in [5, 5.41) is 0. The molecule has 0 aromatic rings. The molecule has 8 heteroatoms. The first-order chi connectivity index (χ1) is 10.3. The highest BCUT2D eigenvalue weighted by atomic mass is 19.4. The minimum absolute atomic E-state index is 0.0464. The van der Waals surface area contributed by atoms with Crippen LogP contribution < -0.4 is 11.5 Å². The molecule has 0 aromatic carbocycles. The highest BCUT2D eigenvalue weighted by Crippen LogP contribution is 2.23. The fourth-order valence-electron chi connectivity index (χ4n) is 2.52. The molecule has 2 fully saturated rings. The highest BCUT2D eigenvalue weighted by molar-refractivity contribution is 5.78. The molecule has 4 N–H and O–H groups in total. The van der Waals surface area contributed by atoms with Crippen molar-refractivity contribution >= 4 is 6.21 Å². The SMILES string of the molecule is NC(C=NC1CCN(C2COC2)CC1)=C(N)CCC(F)(F)F. The third-order valence-electron chi connectivity index (χ3n) is 4.11. The van der Waals surface area contributed by atoms with E-state index in [1.54, 1.807) is 0 Å². The van der Waals surface area contributed by atoms with Crippen LogP contribution in [0.15, 0.2) is 16.4 Å². The summed E-state index contributed by atoms with van der Waals surface area (Å²) in [7, 11) is 0. The Balaban J connectivity index is 1.76. The van der Waals surface area contributed by atoms with Crippen molar-refractivity contribution in [3.63, 3.8) is 0 Å². The molecule has 22 heavy (non-hydrogen) atoms. The molecule has 2 rings (SSSR count). The topological polar surface area (TPSA) is 76.9 Å². The van der Waals surface area contributed by atoms with Gasteiger partial charge < -0.3 is 16.2 Å². The molecule has 2 saturated heterocycles. The molecule has 0 aromatic heterocycles. The number of rotatable bonds is 5. The molecule has 2 heterocycles. The summed E-state index contributed by atoms with van der Waals surface area (Å²) in [5.74, 6) is 0. The van der Waals surface area contributed by atoms with Crippen LogP contribution in [0.2, 0.25) is 0 Å². The van der Waals surface area contributed by atoms with Crippen molar-refractivity contribution in [3.8, 4) is 0 Å². The van der Waals surface area contributed by atoms with E-state index >= 15 is 0 Å². The van der Waals surface area contributed by atoms with Crippen LogP contribution in [0.3, 0.4) is 0 Å². The molecule has 0 radical (unpaired) electrons. The summed E-state index contributed by atoms with van der Waals surface area (Å²) in [5.41, 5.74) is 11.4. The largest absolute Gasteiger partial charge is 0.400 e. The maximum Gasteiger partial charge on any atom is 0.389 e. The monoisotopic (exact) mass is 320 g/mol. The molecule has 0 amide bonds. The number of piperidine rings is 1. The quantitative estimate of drug-likeness (QED) is 0.751. The van der Waals surface area contributed by atoms with Gasteiger partial charge in [-0.3, -0.25) is 9.89 Å². The van der Waals surface area contributed by atoms with Gasteiger partial charge >= 0.3 is 6.18 Å². The molecule has 0 spiro atoms.